The molecule has 1 saturated carbocycles. The summed E-state index contributed by atoms with van der Waals surface area (Å²) in [6, 6.07) is 0.479. The van der Waals surface area contributed by atoms with Crippen molar-refractivity contribution in [1.82, 2.24) is 14.7 Å². The highest BCUT2D eigenvalue weighted by atomic mass is 16.2. The first-order valence-electron chi connectivity index (χ1n) is 8.38. The minimum absolute atomic E-state index is 0.0619. The van der Waals surface area contributed by atoms with E-state index in [-0.39, 0.29) is 12.0 Å². The first kappa shape index (κ1) is 16.7. The third-order valence-corrected chi connectivity index (χ3v) is 5.09. The van der Waals surface area contributed by atoms with Gasteiger partial charge in [-0.25, -0.2) is 0 Å². The number of likely N-dealkylation sites (tertiary alicyclic amines) is 1. The van der Waals surface area contributed by atoms with Gasteiger partial charge >= 0.3 is 0 Å². The molecule has 2 aliphatic rings. The number of carbonyl (C=O) groups is 1. The van der Waals surface area contributed by atoms with Gasteiger partial charge in [-0.1, -0.05) is 6.42 Å². The lowest BCUT2D eigenvalue weighted by Crippen LogP contribution is -2.52. The van der Waals surface area contributed by atoms with Crippen molar-refractivity contribution in [2.75, 3.05) is 47.3 Å². The average Bonchev–Trinajstić information content (AvgIpc) is 2.86. The third-order valence-electron chi connectivity index (χ3n) is 5.09. The molecule has 1 aliphatic carbocycles. The molecule has 0 bridgehead atoms. The molecule has 122 valence electrons. The van der Waals surface area contributed by atoms with Gasteiger partial charge in [0.25, 0.3) is 0 Å². The summed E-state index contributed by atoms with van der Waals surface area (Å²) in [5.41, 5.74) is 6.16. The summed E-state index contributed by atoms with van der Waals surface area (Å²) in [6.45, 7) is 3.95. The number of piperidine rings is 1. The van der Waals surface area contributed by atoms with Crippen LogP contribution in [-0.4, -0.2) is 80.0 Å². The molecule has 21 heavy (non-hydrogen) atoms. The summed E-state index contributed by atoms with van der Waals surface area (Å²) in [5.74, 6) is 0.378. The maximum atomic E-state index is 13.0. The summed E-state index contributed by atoms with van der Waals surface area (Å²) in [7, 11) is 6.30. The Kier molecular flexibility index (Phi) is 6.02. The van der Waals surface area contributed by atoms with Crippen LogP contribution in [0.4, 0.5) is 0 Å². The number of likely N-dealkylation sites (N-methyl/N-ethyl adjacent to an activating group) is 1. The number of carbonyl (C=O) groups excluding carboxylic acids is 1. The molecule has 0 aromatic heterocycles. The number of nitrogens with zero attached hydrogens (tertiary/aromatic N) is 3. The van der Waals surface area contributed by atoms with Crippen molar-refractivity contribution in [3.05, 3.63) is 0 Å². The lowest BCUT2D eigenvalue weighted by Gasteiger charge is -2.39. The highest BCUT2D eigenvalue weighted by Gasteiger charge is 2.36. The quantitative estimate of drug-likeness (QED) is 0.807. The van der Waals surface area contributed by atoms with Gasteiger partial charge in [-0.3, -0.25) is 4.79 Å². The maximum absolute atomic E-state index is 13.0. The van der Waals surface area contributed by atoms with Gasteiger partial charge in [0, 0.05) is 25.2 Å². The van der Waals surface area contributed by atoms with Crippen molar-refractivity contribution in [3.63, 3.8) is 0 Å². The van der Waals surface area contributed by atoms with E-state index in [1.807, 2.05) is 0 Å². The molecule has 5 nitrogen and oxygen atoms in total. The van der Waals surface area contributed by atoms with Crippen LogP contribution < -0.4 is 5.73 Å². The minimum Gasteiger partial charge on any atom is -0.338 e. The molecule has 2 unspecified atom stereocenters. The maximum Gasteiger partial charge on any atom is 0.227 e. The van der Waals surface area contributed by atoms with Crippen molar-refractivity contribution in [1.29, 1.82) is 0 Å². The number of nitrogens with two attached hydrogens (primary N) is 1. The van der Waals surface area contributed by atoms with E-state index >= 15 is 0 Å². The Balaban J connectivity index is 2.02. The summed E-state index contributed by atoms with van der Waals surface area (Å²) in [6.07, 6.45) is 5.28. The molecular formula is C16H32N4O. The van der Waals surface area contributed by atoms with Crippen LogP contribution in [-0.2, 0) is 4.79 Å². The fourth-order valence-electron chi connectivity index (χ4n) is 3.60. The van der Waals surface area contributed by atoms with Crippen molar-refractivity contribution in [2.45, 2.75) is 44.2 Å². The minimum atomic E-state index is 0.0619. The van der Waals surface area contributed by atoms with Gasteiger partial charge in [0.15, 0.2) is 0 Å². The second kappa shape index (κ2) is 7.56. The molecule has 2 rings (SSSR count). The van der Waals surface area contributed by atoms with Crippen molar-refractivity contribution < 1.29 is 4.79 Å². The second-order valence-corrected chi connectivity index (χ2v) is 7.07. The van der Waals surface area contributed by atoms with Crippen LogP contribution in [0.5, 0.6) is 0 Å². The highest BCUT2D eigenvalue weighted by molar-refractivity contribution is 5.80. The molecule has 5 heteroatoms. The van der Waals surface area contributed by atoms with Gasteiger partial charge in [-0.05, 0) is 59.9 Å². The van der Waals surface area contributed by atoms with Crippen LogP contribution in [0.25, 0.3) is 0 Å². The molecule has 1 heterocycles. The number of amides is 1. The molecule has 2 fully saturated rings. The van der Waals surface area contributed by atoms with E-state index in [2.05, 4.69) is 35.8 Å². The van der Waals surface area contributed by atoms with E-state index in [1.54, 1.807) is 0 Å². The van der Waals surface area contributed by atoms with E-state index in [4.69, 9.17) is 5.73 Å². The van der Waals surface area contributed by atoms with Crippen LogP contribution in [0.15, 0.2) is 0 Å². The third kappa shape index (κ3) is 4.41. The van der Waals surface area contributed by atoms with E-state index in [1.165, 1.54) is 0 Å². The molecule has 1 saturated heterocycles. The van der Waals surface area contributed by atoms with E-state index in [0.717, 1.165) is 58.3 Å². The number of rotatable bonds is 5. The van der Waals surface area contributed by atoms with Gasteiger partial charge < -0.3 is 20.4 Å². The fourth-order valence-corrected chi connectivity index (χ4v) is 3.60. The SMILES string of the molecule is CN(C)CCN(C(=O)C1CCCC1N)C1CCN(C)CC1. The Morgan fingerprint density at radius 2 is 1.81 bits per heavy atom. The highest BCUT2D eigenvalue weighted by Crippen LogP contribution is 2.28. The van der Waals surface area contributed by atoms with Crippen LogP contribution in [0.2, 0.25) is 0 Å². The van der Waals surface area contributed by atoms with Crippen molar-refractivity contribution >= 4 is 5.91 Å². The molecular weight excluding hydrogens is 264 g/mol. The van der Waals surface area contributed by atoms with E-state index in [0.29, 0.717) is 11.9 Å². The molecule has 0 spiro atoms. The monoisotopic (exact) mass is 296 g/mol. The normalized spacial score (nSPS) is 28.2. The Morgan fingerprint density at radius 1 is 1.14 bits per heavy atom. The molecule has 2 atom stereocenters. The molecule has 1 aliphatic heterocycles. The van der Waals surface area contributed by atoms with Crippen LogP contribution >= 0.6 is 0 Å². The molecule has 2 N–H and O–H groups in total. The summed E-state index contributed by atoms with van der Waals surface area (Å²) in [4.78, 5) is 19.6. The Hall–Kier alpha value is -0.650. The zero-order chi connectivity index (χ0) is 15.4. The molecule has 1 amide bonds. The fraction of sp³-hybridized carbons (Fsp3) is 0.938. The standard InChI is InChI=1S/C16H32N4O/c1-18(2)11-12-20(13-7-9-19(3)10-8-13)16(21)14-5-4-6-15(14)17/h13-15H,4-12,17H2,1-3H3. The predicted octanol–water partition coefficient (Wildman–Crippen LogP) is 0.598. The van der Waals surface area contributed by atoms with E-state index in [9.17, 15) is 4.79 Å². The topological polar surface area (TPSA) is 52.8 Å². The van der Waals surface area contributed by atoms with Gasteiger partial charge in [0.2, 0.25) is 5.91 Å². The molecule has 0 aromatic rings. The Bertz CT molecular complexity index is 339. The Morgan fingerprint density at radius 3 is 2.33 bits per heavy atom. The number of hydrogen-bond acceptors (Lipinski definition) is 4. The summed E-state index contributed by atoms with van der Waals surface area (Å²) in [5, 5.41) is 0. The lowest BCUT2D eigenvalue weighted by molar-refractivity contribution is -0.139. The number of hydrogen-bond donors (Lipinski definition) is 1. The largest absolute Gasteiger partial charge is 0.338 e. The van der Waals surface area contributed by atoms with Crippen LogP contribution in [0.3, 0.4) is 0 Å². The summed E-state index contributed by atoms with van der Waals surface area (Å²) >= 11 is 0. The molecule has 0 radical (unpaired) electrons. The zero-order valence-corrected chi connectivity index (χ0v) is 13.9. The Labute approximate surface area is 129 Å². The van der Waals surface area contributed by atoms with Gasteiger partial charge in [-0.15, -0.1) is 0 Å². The smallest absolute Gasteiger partial charge is 0.227 e. The second-order valence-electron chi connectivity index (χ2n) is 7.07. The van der Waals surface area contributed by atoms with Gasteiger partial charge in [0.05, 0.1) is 5.92 Å². The molecule has 0 aromatic carbocycles. The van der Waals surface area contributed by atoms with Gasteiger partial charge in [0.1, 0.15) is 0 Å². The first-order valence-corrected chi connectivity index (χ1v) is 8.38. The average molecular weight is 296 g/mol. The van der Waals surface area contributed by atoms with E-state index < -0.39 is 0 Å². The van der Waals surface area contributed by atoms with Crippen molar-refractivity contribution in [2.24, 2.45) is 11.7 Å². The zero-order valence-electron chi connectivity index (χ0n) is 13.9. The first-order chi connectivity index (χ1) is 9.99. The van der Waals surface area contributed by atoms with Crippen LogP contribution in [0, 0.1) is 5.92 Å². The van der Waals surface area contributed by atoms with Crippen molar-refractivity contribution in [3.8, 4) is 0 Å². The predicted molar refractivity (Wildman–Crippen MR) is 86.1 cm³/mol. The van der Waals surface area contributed by atoms with Crippen LogP contribution in [0.1, 0.15) is 32.1 Å². The summed E-state index contributed by atoms with van der Waals surface area (Å²) < 4.78 is 0. The van der Waals surface area contributed by atoms with Gasteiger partial charge in [-0.2, -0.15) is 0 Å². The lowest BCUT2D eigenvalue weighted by atomic mass is 9.98.